The molecule has 6 heteroatoms. The predicted octanol–water partition coefficient (Wildman–Crippen LogP) is 4.84. The van der Waals surface area contributed by atoms with Crippen molar-refractivity contribution >= 4 is 38.6 Å². The lowest BCUT2D eigenvalue weighted by Crippen LogP contribution is -2.19. The minimum absolute atomic E-state index is 0.214. The first-order valence-electron chi connectivity index (χ1n) is 7.07. The summed E-state index contributed by atoms with van der Waals surface area (Å²) in [6, 6.07) is 3.45. The number of nitrogens with zero attached hydrogens (tertiary/aromatic N) is 2. The van der Waals surface area contributed by atoms with Crippen LogP contribution in [-0.4, -0.2) is 22.8 Å². The van der Waals surface area contributed by atoms with Gasteiger partial charge in [0.15, 0.2) is 0 Å². The van der Waals surface area contributed by atoms with Crippen molar-refractivity contribution in [3.8, 4) is 0 Å². The quantitative estimate of drug-likeness (QED) is 0.718. The van der Waals surface area contributed by atoms with Crippen LogP contribution in [0.15, 0.2) is 16.6 Å². The zero-order valence-electron chi connectivity index (χ0n) is 11.9. The molecule has 1 saturated heterocycles. The first-order chi connectivity index (χ1) is 9.99. The average molecular weight is 376 g/mol. The van der Waals surface area contributed by atoms with E-state index in [1.165, 1.54) is 6.07 Å². The van der Waals surface area contributed by atoms with Crippen molar-refractivity contribution in [1.29, 1.82) is 0 Å². The fourth-order valence-electron chi connectivity index (χ4n) is 2.96. The molecule has 1 aromatic heterocycles. The molecule has 0 radical (unpaired) electrons. The molecule has 3 nitrogen and oxygen atoms in total. The van der Waals surface area contributed by atoms with Crippen LogP contribution in [0.5, 0.6) is 0 Å². The molecule has 21 heavy (non-hydrogen) atoms. The Hall–Kier alpha value is -0.650. The molecule has 3 unspecified atom stereocenters. The summed E-state index contributed by atoms with van der Waals surface area (Å²) in [6.45, 7) is 5.59. The first kappa shape index (κ1) is 15.3. The molecular weight excluding hydrogens is 359 g/mol. The van der Waals surface area contributed by atoms with Gasteiger partial charge >= 0.3 is 0 Å². The molecular formula is C15H17BrClFN2O. The van der Waals surface area contributed by atoms with Crippen LogP contribution < -0.4 is 0 Å². The van der Waals surface area contributed by atoms with Gasteiger partial charge in [0.05, 0.1) is 27.5 Å². The average Bonchev–Trinajstić information content (AvgIpc) is 3.06. The molecule has 1 aromatic carbocycles. The molecule has 1 aliphatic heterocycles. The zero-order valence-corrected chi connectivity index (χ0v) is 14.3. The summed E-state index contributed by atoms with van der Waals surface area (Å²) in [4.78, 5) is 4.54. The summed E-state index contributed by atoms with van der Waals surface area (Å²) >= 11 is 9.55. The van der Waals surface area contributed by atoms with Gasteiger partial charge < -0.3 is 9.30 Å². The second kappa shape index (κ2) is 5.86. The molecule has 2 aromatic rings. The summed E-state index contributed by atoms with van der Waals surface area (Å²) in [7, 11) is 0. The summed E-state index contributed by atoms with van der Waals surface area (Å²) in [5, 5.41) is -0.232. The van der Waals surface area contributed by atoms with E-state index in [9.17, 15) is 4.39 Å². The lowest BCUT2D eigenvalue weighted by Gasteiger charge is -2.23. The number of hydrogen-bond donors (Lipinski definition) is 0. The molecule has 1 aliphatic rings. The highest BCUT2D eigenvalue weighted by molar-refractivity contribution is 9.10. The number of halogens is 3. The Morgan fingerprint density at radius 2 is 2.24 bits per heavy atom. The van der Waals surface area contributed by atoms with Gasteiger partial charge in [0.25, 0.3) is 0 Å². The Kier molecular flexibility index (Phi) is 4.26. The molecule has 1 fully saturated rings. The van der Waals surface area contributed by atoms with Gasteiger partial charge in [-0.25, -0.2) is 9.37 Å². The lowest BCUT2D eigenvalue weighted by atomic mass is 10.00. The van der Waals surface area contributed by atoms with E-state index in [0.717, 1.165) is 31.0 Å². The van der Waals surface area contributed by atoms with E-state index >= 15 is 0 Å². The largest absolute Gasteiger partial charge is 0.381 e. The van der Waals surface area contributed by atoms with E-state index in [0.29, 0.717) is 15.9 Å². The van der Waals surface area contributed by atoms with Gasteiger partial charge in [-0.3, -0.25) is 0 Å². The van der Waals surface area contributed by atoms with Crippen molar-refractivity contribution in [2.75, 3.05) is 13.2 Å². The van der Waals surface area contributed by atoms with Gasteiger partial charge in [-0.15, -0.1) is 11.6 Å². The molecule has 3 atom stereocenters. The van der Waals surface area contributed by atoms with Crippen LogP contribution in [0, 0.1) is 11.7 Å². The van der Waals surface area contributed by atoms with Crippen LogP contribution >= 0.6 is 27.5 Å². The van der Waals surface area contributed by atoms with Crippen LogP contribution in [0.1, 0.15) is 37.5 Å². The Morgan fingerprint density at radius 3 is 2.86 bits per heavy atom. The Bertz CT molecular complexity index is 667. The van der Waals surface area contributed by atoms with Gasteiger partial charge in [0.2, 0.25) is 0 Å². The Labute approximate surface area is 136 Å². The number of ether oxygens (including phenoxy) is 1. The molecule has 0 N–H and O–H groups in total. The Morgan fingerprint density at radius 1 is 1.48 bits per heavy atom. The maximum absolute atomic E-state index is 13.7. The van der Waals surface area contributed by atoms with Crippen molar-refractivity contribution in [2.24, 2.45) is 5.92 Å². The molecule has 0 aliphatic carbocycles. The topological polar surface area (TPSA) is 27.1 Å². The molecule has 3 rings (SSSR count). The van der Waals surface area contributed by atoms with Gasteiger partial charge in [-0.05, 0) is 42.3 Å². The number of benzene rings is 1. The van der Waals surface area contributed by atoms with E-state index in [2.05, 4.69) is 32.4 Å². The highest BCUT2D eigenvalue weighted by Crippen LogP contribution is 2.35. The van der Waals surface area contributed by atoms with Crippen molar-refractivity contribution in [3.05, 3.63) is 28.2 Å². The highest BCUT2D eigenvalue weighted by Gasteiger charge is 2.28. The number of alkyl halides is 1. The van der Waals surface area contributed by atoms with Crippen LogP contribution in [0.25, 0.3) is 11.0 Å². The van der Waals surface area contributed by atoms with Crippen LogP contribution in [-0.2, 0) is 4.74 Å². The van der Waals surface area contributed by atoms with Crippen LogP contribution in [0.3, 0.4) is 0 Å². The summed E-state index contributed by atoms with van der Waals surface area (Å²) in [5.74, 6) is 0.904. The van der Waals surface area contributed by atoms with E-state index in [4.69, 9.17) is 16.3 Å². The van der Waals surface area contributed by atoms with Gasteiger partial charge in [0.1, 0.15) is 11.6 Å². The van der Waals surface area contributed by atoms with Gasteiger partial charge in [-0.2, -0.15) is 0 Å². The molecule has 2 heterocycles. The number of imidazole rings is 1. The maximum Gasteiger partial charge on any atom is 0.139 e. The van der Waals surface area contributed by atoms with Crippen LogP contribution in [0.2, 0.25) is 0 Å². The molecule has 0 spiro atoms. The molecule has 0 saturated carbocycles. The summed E-state index contributed by atoms with van der Waals surface area (Å²) in [5.41, 5.74) is 1.55. The smallest absolute Gasteiger partial charge is 0.139 e. The number of aromatic nitrogens is 2. The minimum atomic E-state index is -0.308. The SMILES string of the molecule is CC(Cl)c1nc2cc(F)c(Br)cc2n1C(C)C1CCOC1. The van der Waals surface area contributed by atoms with Gasteiger partial charge in [-0.1, -0.05) is 0 Å². The number of fused-ring (bicyclic) bond motifs is 1. The zero-order chi connectivity index (χ0) is 15.1. The third-order valence-corrected chi connectivity index (χ3v) is 4.97. The maximum atomic E-state index is 13.7. The third-order valence-electron chi connectivity index (χ3n) is 4.17. The second-order valence-corrected chi connectivity index (χ2v) is 7.08. The van der Waals surface area contributed by atoms with Crippen molar-refractivity contribution < 1.29 is 9.13 Å². The summed E-state index contributed by atoms with van der Waals surface area (Å²) < 4.78 is 21.8. The highest BCUT2D eigenvalue weighted by atomic mass is 79.9. The fourth-order valence-corrected chi connectivity index (χ4v) is 3.45. The number of rotatable bonds is 3. The van der Waals surface area contributed by atoms with Crippen molar-refractivity contribution in [1.82, 2.24) is 9.55 Å². The minimum Gasteiger partial charge on any atom is -0.381 e. The fraction of sp³-hybridized carbons (Fsp3) is 0.533. The molecule has 0 amide bonds. The molecule has 0 bridgehead atoms. The summed E-state index contributed by atoms with van der Waals surface area (Å²) in [6.07, 6.45) is 1.03. The number of hydrogen-bond acceptors (Lipinski definition) is 2. The third kappa shape index (κ3) is 2.71. The van der Waals surface area contributed by atoms with E-state index < -0.39 is 0 Å². The Balaban J connectivity index is 2.17. The van der Waals surface area contributed by atoms with E-state index in [1.807, 2.05) is 6.92 Å². The monoisotopic (exact) mass is 374 g/mol. The van der Waals surface area contributed by atoms with Gasteiger partial charge in [0, 0.05) is 24.6 Å². The van der Waals surface area contributed by atoms with Crippen molar-refractivity contribution in [3.63, 3.8) is 0 Å². The van der Waals surface area contributed by atoms with Crippen molar-refractivity contribution in [2.45, 2.75) is 31.7 Å². The standard InChI is InChI=1S/C15H17BrClFN2O/c1-8(17)15-19-13-6-12(18)11(16)5-14(13)20(15)9(2)10-3-4-21-7-10/h5-6,8-10H,3-4,7H2,1-2H3. The molecule has 114 valence electrons. The van der Waals surface area contributed by atoms with Crippen LogP contribution in [0.4, 0.5) is 4.39 Å². The van der Waals surface area contributed by atoms with E-state index in [-0.39, 0.29) is 17.2 Å². The first-order valence-corrected chi connectivity index (χ1v) is 8.30. The second-order valence-electron chi connectivity index (χ2n) is 5.58. The normalized spacial score (nSPS) is 21.9. The van der Waals surface area contributed by atoms with E-state index in [1.54, 1.807) is 6.07 Å². The predicted molar refractivity (Wildman–Crippen MR) is 85.3 cm³/mol. The lowest BCUT2D eigenvalue weighted by molar-refractivity contribution is 0.175.